The van der Waals surface area contributed by atoms with E-state index in [-0.39, 0.29) is 0 Å². The number of aryl methyl sites for hydroxylation is 4. The predicted octanol–water partition coefficient (Wildman–Crippen LogP) is 14.8. The van der Waals surface area contributed by atoms with Crippen molar-refractivity contribution in [3.05, 3.63) is 168 Å². The maximum atomic E-state index is 2.49. The monoisotopic (exact) mass is 676 g/mol. The van der Waals surface area contributed by atoms with Crippen molar-refractivity contribution >= 4 is 66.4 Å². The van der Waals surface area contributed by atoms with Gasteiger partial charge in [-0.1, -0.05) is 123 Å². The Morgan fingerprint density at radius 2 is 0.731 bits per heavy atom. The van der Waals surface area contributed by atoms with Crippen molar-refractivity contribution in [1.82, 2.24) is 0 Å². The van der Waals surface area contributed by atoms with Gasteiger partial charge >= 0.3 is 0 Å². The Balaban J connectivity index is 1.49. The molecule has 0 heterocycles. The molecule has 258 valence electrons. The van der Waals surface area contributed by atoms with Crippen LogP contribution in [0.5, 0.6) is 0 Å². The fraction of sp³-hybridized carbons (Fsp3) is 0.200. The van der Waals surface area contributed by atoms with E-state index in [1.165, 1.54) is 88.7 Å². The molecule has 0 unspecified atom stereocenters. The van der Waals surface area contributed by atoms with Crippen molar-refractivity contribution in [1.29, 1.82) is 0 Å². The fourth-order valence-corrected chi connectivity index (χ4v) is 8.01. The van der Waals surface area contributed by atoms with E-state index in [2.05, 4.69) is 183 Å². The van der Waals surface area contributed by atoms with E-state index in [4.69, 9.17) is 0 Å². The summed E-state index contributed by atoms with van der Waals surface area (Å²) in [4.78, 5) is 4.95. The SMILES string of the molecule is CCCCc1cc(N(c2ccccc2)c2ccc(C)cc2)c2ccc3c(CCCC)cc(N(c4ccccc4)c4ccc(C)cc4)c4ccc1c2c34. The molecule has 0 N–H and O–H groups in total. The third kappa shape index (κ3) is 6.17. The molecule has 8 rings (SSSR count). The molecule has 2 nitrogen and oxygen atoms in total. The molecule has 0 radical (unpaired) electrons. The summed E-state index contributed by atoms with van der Waals surface area (Å²) < 4.78 is 0. The van der Waals surface area contributed by atoms with Crippen LogP contribution in [0, 0.1) is 13.8 Å². The lowest BCUT2D eigenvalue weighted by Gasteiger charge is -2.31. The molecule has 0 amide bonds. The first-order chi connectivity index (χ1) is 25.6. The zero-order valence-electron chi connectivity index (χ0n) is 31.0. The molecule has 0 aliphatic carbocycles. The summed E-state index contributed by atoms with van der Waals surface area (Å²) >= 11 is 0. The minimum absolute atomic E-state index is 1.04. The van der Waals surface area contributed by atoms with E-state index < -0.39 is 0 Å². The topological polar surface area (TPSA) is 6.48 Å². The summed E-state index contributed by atoms with van der Waals surface area (Å²) in [5.74, 6) is 0. The van der Waals surface area contributed by atoms with E-state index in [1.807, 2.05) is 0 Å². The maximum Gasteiger partial charge on any atom is 0.0543 e. The summed E-state index contributed by atoms with van der Waals surface area (Å²) in [7, 11) is 0. The molecular weight excluding hydrogens is 629 g/mol. The lowest BCUT2D eigenvalue weighted by molar-refractivity contribution is 0.799. The van der Waals surface area contributed by atoms with Crippen LogP contribution in [0.3, 0.4) is 0 Å². The summed E-state index contributed by atoms with van der Waals surface area (Å²) in [5.41, 5.74) is 12.5. The quantitative estimate of drug-likeness (QED) is 0.119. The van der Waals surface area contributed by atoms with Crippen LogP contribution in [0.15, 0.2) is 146 Å². The van der Waals surface area contributed by atoms with Crippen molar-refractivity contribution in [3.63, 3.8) is 0 Å². The predicted molar refractivity (Wildman–Crippen MR) is 226 cm³/mol. The third-order valence-electron chi connectivity index (χ3n) is 10.7. The van der Waals surface area contributed by atoms with Crippen molar-refractivity contribution in [2.45, 2.75) is 66.2 Å². The average Bonchev–Trinajstić information content (AvgIpc) is 3.19. The normalized spacial score (nSPS) is 11.5. The number of hydrogen-bond donors (Lipinski definition) is 0. The highest BCUT2D eigenvalue weighted by molar-refractivity contribution is 6.29. The number of benzene rings is 8. The molecule has 0 spiro atoms. The van der Waals surface area contributed by atoms with Gasteiger partial charge in [0, 0.05) is 33.5 Å². The number of hydrogen-bond acceptors (Lipinski definition) is 2. The molecule has 0 bridgehead atoms. The summed E-state index contributed by atoms with van der Waals surface area (Å²) in [6.45, 7) is 8.93. The van der Waals surface area contributed by atoms with Gasteiger partial charge in [0.1, 0.15) is 0 Å². The Morgan fingerprint density at radius 3 is 1.10 bits per heavy atom. The molecule has 52 heavy (non-hydrogen) atoms. The van der Waals surface area contributed by atoms with Gasteiger partial charge in [0.05, 0.1) is 11.4 Å². The van der Waals surface area contributed by atoms with Crippen LogP contribution in [0.25, 0.3) is 32.3 Å². The van der Waals surface area contributed by atoms with Crippen LogP contribution in [0.1, 0.15) is 61.8 Å². The summed E-state index contributed by atoms with van der Waals surface area (Å²) in [5, 5.41) is 8.09. The number of para-hydroxylation sites is 2. The van der Waals surface area contributed by atoms with Crippen molar-refractivity contribution in [2.24, 2.45) is 0 Å². The van der Waals surface area contributed by atoms with Gasteiger partial charge in [-0.15, -0.1) is 0 Å². The van der Waals surface area contributed by atoms with Gasteiger partial charge in [0.25, 0.3) is 0 Å². The number of anilines is 6. The first-order valence-electron chi connectivity index (χ1n) is 19.2. The molecule has 0 aromatic heterocycles. The Hall–Kier alpha value is -5.60. The Bertz CT molecular complexity index is 2250. The summed E-state index contributed by atoms with van der Waals surface area (Å²) in [6.07, 6.45) is 6.71. The van der Waals surface area contributed by atoms with Crippen LogP contribution < -0.4 is 9.80 Å². The van der Waals surface area contributed by atoms with Crippen molar-refractivity contribution in [2.75, 3.05) is 9.80 Å². The minimum Gasteiger partial charge on any atom is -0.310 e. The van der Waals surface area contributed by atoms with Crippen molar-refractivity contribution in [3.8, 4) is 0 Å². The van der Waals surface area contributed by atoms with Crippen LogP contribution in [0.2, 0.25) is 0 Å². The third-order valence-corrected chi connectivity index (χ3v) is 10.7. The summed E-state index contributed by atoms with van der Waals surface area (Å²) in [6, 6.07) is 54.5. The second-order valence-corrected chi connectivity index (χ2v) is 14.4. The van der Waals surface area contributed by atoms with Crippen LogP contribution in [0.4, 0.5) is 34.1 Å². The van der Waals surface area contributed by atoms with E-state index in [0.717, 1.165) is 38.5 Å². The molecular formula is C50H48N2. The van der Waals surface area contributed by atoms with Gasteiger partial charge in [-0.05, 0) is 133 Å². The van der Waals surface area contributed by atoms with Crippen LogP contribution in [-0.2, 0) is 12.8 Å². The highest BCUT2D eigenvalue weighted by Crippen LogP contribution is 2.49. The molecule has 0 saturated heterocycles. The van der Waals surface area contributed by atoms with Crippen LogP contribution >= 0.6 is 0 Å². The Labute approximate surface area is 309 Å². The molecule has 0 aliphatic heterocycles. The maximum absolute atomic E-state index is 2.49. The largest absolute Gasteiger partial charge is 0.310 e. The average molecular weight is 677 g/mol. The van der Waals surface area contributed by atoms with Crippen molar-refractivity contribution < 1.29 is 0 Å². The number of unbranched alkanes of at least 4 members (excludes halogenated alkanes) is 2. The fourth-order valence-electron chi connectivity index (χ4n) is 8.01. The minimum atomic E-state index is 1.04. The molecule has 0 fully saturated rings. The zero-order valence-corrected chi connectivity index (χ0v) is 31.0. The van der Waals surface area contributed by atoms with E-state index in [9.17, 15) is 0 Å². The van der Waals surface area contributed by atoms with Gasteiger partial charge in [0.15, 0.2) is 0 Å². The lowest BCUT2D eigenvalue weighted by atomic mass is 9.86. The molecule has 8 aromatic carbocycles. The zero-order chi connectivity index (χ0) is 35.6. The smallest absolute Gasteiger partial charge is 0.0543 e. The second-order valence-electron chi connectivity index (χ2n) is 14.4. The second kappa shape index (κ2) is 14.6. The molecule has 0 saturated carbocycles. The lowest BCUT2D eigenvalue weighted by Crippen LogP contribution is -2.12. The Morgan fingerprint density at radius 1 is 0.385 bits per heavy atom. The highest BCUT2D eigenvalue weighted by Gasteiger charge is 2.24. The standard InChI is InChI=1S/C50H48N2/c1-5-7-15-37-33-47(51(39-17-11-9-12-18-39)41-25-21-35(3)22-26-41)45-32-30-44-38(16-8-6-2)34-48(46-31-29-43(37)49(45)50(44)46)52(40-19-13-10-14-20-40)42-27-23-36(4)24-28-42/h9-14,17-34H,5-8,15-16H2,1-4H3. The first-order valence-corrected chi connectivity index (χ1v) is 19.2. The van der Waals surface area contributed by atoms with Crippen LogP contribution in [-0.4, -0.2) is 0 Å². The van der Waals surface area contributed by atoms with E-state index in [1.54, 1.807) is 0 Å². The molecule has 0 atom stereocenters. The molecule has 2 heteroatoms. The van der Waals surface area contributed by atoms with Gasteiger partial charge in [0.2, 0.25) is 0 Å². The van der Waals surface area contributed by atoms with Gasteiger partial charge in [-0.2, -0.15) is 0 Å². The Kier molecular flexibility index (Phi) is 9.39. The van der Waals surface area contributed by atoms with E-state index >= 15 is 0 Å². The van der Waals surface area contributed by atoms with E-state index in [0.29, 0.717) is 0 Å². The van der Waals surface area contributed by atoms with Gasteiger partial charge < -0.3 is 9.80 Å². The molecule has 8 aromatic rings. The van der Waals surface area contributed by atoms with Gasteiger partial charge in [-0.25, -0.2) is 0 Å². The number of nitrogens with zero attached hydrogens (tertiary/aromatic N) is 2. The highest BCUT2D eigenvalue weighted by atomic mass is 15.1. The van der Waals surface area contributed by atoms with Gasteiger partial charge in [-0.3, -0.25) is 0 Å². The first kappa shape index (κ1) is 33.5. The molecule has 0 aliphatic rings. The number of rotatable bonds is 12.